The number of hydrogen-bond donors (Lipinski definition) is 1. The van der Waals surface area contributed by atoms with E-state index in [2.05, 4.69) is 11.9 Å². The van der Waals surface area contributed by atoms with Crippen LogP contribution in [0.15, 0.2) is 12.7 Å². The van der Waals surface area contributed by atoms with Crippen molar-refractivity contribution in [1.82, 2.24) is 5.32 Å². The zero-order valence-corrected chi connectivity index (χ0v) is 12.7. The molecule has 0 fully saturated rings. The van der Waals surface area contributed by atoms with E-state index in [1.54, 1.807) is 6.08 Å². The Balaban J connectivity index is 4.63. The average molecular weight is 273 g/mol. The van der Waals surface area contributed by atoms with Crippen molar-refractivity contribution in [3.8, 4) is 0 Å². The van der Waals surface area contributed by atoms with Crippen molar-refractivity contribution < 1.29 is 13.9 Å². The van der Waals surface area contributed by atoms with E-state index < -0.39 is 11.7 Å². The molecule has 1 N–H and O–H groups in total. The van der Waals surface area contributed by atoms with Gasteiger partial charge in [0.1, 0.15) is 5.60 Å². The standard InChI is InChI=1S/C15H28FNO2/c1-6-10-15(7-2,11-8-9-12-16)17-13(18)19-14(3,4)5/h6H,1,7-12H2,2-5H3,(H,17,18). The van der Waals surface area contributed by atoms with E-state index in [4.69, 9.17) is 4.74 Å². The Hall–Kier alpha value is -1.06. The van der Waals surface area contributed by atoms with Crippen molar-refractivity contribution in [3.63, 3.8) is 0 Å². The van der Waals surface area contributed by atoms with E-state index in [0.29, 0.717) is 12.8 Å². The van der Waals surface area contributed by atoms with Gasteiger partial charge >= 0.3 is 6.09 Å². The van der Waals surface area contributed by atoms with Gasteiger partial charge in [0, 0.05) is 5.54 Å². The van der Waals surface area contributed by atoms with Crippen LogP contribution in [0, 0.1) is 0 Å². The minimum atomic E-state index is -0.517. The van der Waals surface area contributed by atoms with Crippen LogP contribution in [-0.4, -0.2) is 23.9 Å². The Morgan fingerprint density at radius 1 is 1.37 bits per heavy atom. The predicted octanol–water partition coefficient (Wildman–Crippen LogP) is 4.38. The first-order chi connectivity index (χ1) is 8.78. The minimum Gasteiger partial charge on any atom is -0.444 e. The lowest BCUT2D eigenvalue weighted by atomic mass is 9.86. The van der Waals surface area contributed by atoms with Crippen LogP contribution < -0.4 is 5.32 Å². The van der Waals surface area contributed by atoms with Gasteiger partial charge in [-0.3, -0.25) is 4.39 Å². The molecule has 19 heavy (non-hydrogen) atoms. The molecule has 1 unspecified atom stereocenters. The maximum absolute atomic E-state index is 12.2. The molecule has 0 aliphatic rings. The van der Waals surface area contributed by atoms with Crippen LogP contribution in [-0.2, 0) is 4.74 Å². The average Bonchev–Trinajstić information content (AvgIpc) is 2.26. The van der Waals surface area contributed by atoms with Gasteiger partial charge in [0.25, 0.3) is 0 Å². The number of ether oxygens (including phenoxy) is 1. The molecule has 112 valence electrons. The van der Waals surface area contributed by atoms with Crippen LogP contribution >= 0.6 is 0 Å². The second-order valence-electron chi connectivity index (χ2n) is 5.90. The normalized spacial score (nSPS) is 14.6. The van der Waals surface area contributed by atoms with Crippen molar-refractivity contribution in [2.75, 3.05) is 6.67 Å². The summed E-state index contributed by atoms with van der Waals surface area (Å²) in [7, 11) is 0. The molecule has 0 saturated carbocycles. The van der Waals surface area contributed by atoms with Crippen LogP contribution in [0.3, 0.4) is 0 Å². The summed E-state index contributed by atoms with van der Waals surface area (Å²) in [4.78, 5) is 11.9. The maximum atomic E-state index is 12.2. The fourth-order valence-corrected chi connectivity index (χ4v) is 1.98. The summed E-state index contributed by atoms with van der Waals surface area (Å²) in [6.45, 7) is 10.9. The molecule has 3 nitrogen and oxygen atoms in total. The van der Waals surface area contributed by atoms with Crippen LogP contribution in [0.25, 0.3) is 0 Å². The van der Waals surface area contributed by atoms with Crippen LogP contribution in [0.1, 0.15) is 59.8 Å². The van der Waals surface area contributed by atoms with Gasteiger partial charge in [0.2, 0.25) is 0 Å². The third kappa shape index (κ3) is 7.85. The smallest absolute Gasteiger partial charge is 0.408 e. The van der Waals surface area contributed by atoms with Gasteiger partial charge in [-0.2, -0.15) is 0 Å². The van der Waals surface area contributed by atoms with Crippen LogP contribution in [0.5, 0.6) is 0 Å². The predicted molar refractivity (Wildman–Crippen MR) is 77.0 cm³/mol. The van der Waals surface area contributed by atoms with Crippen molar-refractivity contribution in [2.24, 2.45) is 0 Å². The largest absolute Gasteiger partial charge is 0.444 e. The van der Waals surface area contributed by atoms with Gasteiger partial charge in [0.05, 0.1) is 6.67 Å². The van der Waals surface area contributed by atoms with E-state index in [1.165, 1.54) is 0 Å². The molecule has 1 atom stereocenters. The summed E-state index contributed by atoms with van der Waals surface area (Å²) in [5.74, 6) is 0. The maximum Gasteiger partial charge on any atom is 0.408 e. The number of alkyl carbamates (subject to hydrolysis) is 1. The third-order valence-electron chi connectivity index (χ3n) is 3.02. The Labute approximate surface area is 116 Å². The van der Waals surface area contributed by atoms with Gasteiger partial charge in [-0.15, -0.1) is 6.58 Å². The Kier molecular flexibility index (Phi) is 7.72. The molecule has 4 heteroatoms. The number of nitrogens with one attached hydrogen (secondary N) is 1. The molecule has 0 aliphatic carbocycles. The first-order valence-corrected chi connectivity index (χ1v) is 6.96. The number of alkyl halides is 1. The summed E-state index contributed by atoms with van der Waals surface area (Å²) in [5.41, 5.74) is -0.893. The summed E-state index contributed by atoms with van der Waals surface area (Å²) < 4.78 is 17.5. The summed E-state index contributed by atoms with van der Waals surface area (Å²) in [6, 6.07) is 0. The monoisotopic (exact) mass is 273 g/mol. The van der Waals surface area contributed by atoms with Gasteiger partial charge in [-0.05, 0) is 52.9 Å². The number of rotatable bonds is 8. The zero-order chi connectivity index (χ0) is 14.9. The molecule has 0 aromatic carbocycles. The first-order valence-electron chi connectivity index (χ1n) is 6.96. The molecule has 1 amide bonds. The molecule has 0 aromatic heterocycles. The Morgan fingerprint density at radius 2 is 2.00 bits per heavy atom. The lowest BCUT2D eigenvalue weighted by molar-refractivity contribution is 0.0443. The molecule has 0 aromatic rings. The van der Waals surface area contributed by atoms with Crippen LogP contribution in [0.2, 0.25) is 0 Å². The van der Waals surface area contributed by atoms with Gasteiger partial charge in [0.15, 0.2) is 0 Å². The van der Waals surface area contributed by atoms with Crippen molar-refractivity contribution in [3.05, 3.63) is 12.7 Å². The molecule has 0 aliphatic heterocycles. The van der Waals surface area contributed by atoms with Crippen molar-refractivity contribution >= 4 is 6.09 Å². The molecule has 0 radical (unpaired) electrons. The molecule has 0 saturated heterocycles. The minimum absolute atomic E-state index is 0.319. The molecule has 0 rings (SSSR count). The fourth-order valence-electron chi connectivity index (χ4n) is 1.98. The number of halogens is 1. The number of unbranched alkanes of at least 4 members (excludes halogenated alkanes) is 1. The fraction of sp³-hybridized carbons (Fsp3) is 0.800. The third-order valence-corrected chi connectivity index (χ3v) is 3.02. The number of hydrogen-bond acceptors (Lipinski definition) is 2. The molecule has 0 spiro atoms. The van der Waals surface area contributed by atoms with E-state index in [0.717, 1.165) is 19.3 Å². The van der Waals surface area contributed by atoms with E-state index >= 15 is 0 Å². The van der Waals surface area contributed by atoms with E-state index in [-0.39, 0.29) is 12.2 Å². The Morgan fingerprint density at radius 3 is 2.42 bits per heavy atom. The number of amides is 1. The van der Waals surface area contributed by atoms with Gasteiger partial charge in [-0.1, -0.05) is 13.0 Å². The topological polar surface area (TPSA) is 38.3 Å². The summed E-state index contributed by atoms with van der Waals surface area (Å²) >= 11 is 0. The highest BCUT2D eigenvalue weighted by molar-refractivity contribution is 5.68. The lowest BCUT2D eigenvalue weighted by Gasteiger charge is -2.34. The Bertz CT molecular complexity index is 286. The molecule has 0 bridgehead atoms. The highest BCUT2D eigenvalue weighted by Crippen LogP contribution is 2.24. The van der Waals surface area contributed by atoms with E-state index in [1.807, 2.05) is 27.7 Å². The first kappa shape index (κ1) is 17.9. The highest BCUT2D eigenvalue weighted by Gasteiger charge is 2.30. The van der Waals surface area contributed by atoms with Crippen molar-refractivity contribution in [2.45, 2.75) is 70.9 Å². The van der Waals surface area contributed by atoms with E-state index in [9.17, 15) is 9.18 Å². The SMILES string of the molecule is C=CCC(CC)(CCCCF)NC(=O)OC(C)(C)C. The van der Waals surface area contributed by atoms with Gasteiger partial charge < -0.3 is 10.1 Å². The molecular weight excluding hydrogens is 245 g/mol. The quantitative estimate of drug-likeness (QED) is 0.526. The second kappa shape index (κ2) is 8.18. The van der Waals surface area contributed by atoms with Crippen molar-refractivity contribution in [1.29, 1.82) is 0 Å². The zero-order valence-electron chi connectivity index (χ0n) is 12.7. The molecular formula is C15H28FNO2. The number of carbonyl (C=O) groups excluding carboxylic acids is 1. The van der Waals surface area contributed by atoms with Crippen LogP contribution in [0.4, 0.5) is 9.18 Å². The summed E-state index contributed by atoms with van der Waals surface area (Å²) in [6.07, 6.45) is 4.80. The van der Waals surface area contributed by atoms with Gasteiger partial charge in [-0.25, -0.2) is 4.79 Å². The summed E-state index contributed by atoms with van der Waals surface area (Å²) in [5, 5.41) is 2.94. The second-order valence-corrected chi connectivity index (χ2v) is 5.90. The molecule has 0 heterocycles. The highest BCUT2D eigenvalue weighted by atomic mass is 19.1. The number of carbonyl (C=O) groups is 1. The lowest BCUT2D eigenvalue weighted by Crippen LogP contribution is -2.49.